The van der Waals surface area contributed by atoms with Crippen LogP contribution in [0.4, 0.5) is 13.2 Å². The van der Waals surface area contributed by atoms with Gasteiger partial charge in [-0.15, -0.1) is 10.2 Å². The third-order valence-corrected chi connectivity index (χ3v) is 5.84. The summed E-state index contributed by atoms with van der Waals surface area (Å²) in [5, 5.41) is 22.5. The van der Waals surface area contributed by atoms with Crippen molar-refractivity contribution in [3.05, 3.63) is 58.6 Å². The zero-order valence-electron chi connectivity index (χ0n) is 18.2. The van der Waals surface area contributed by atoms with E-state index in [9.17, 15) is 13.6 Å². The topological polar surface area (TPSA) is 108 Å². The quantitative estimate of drug-likeness (QED) is 0.547. The van der Waals surface area contributed by atoms with Crippen molar-refractivity contribution in [1.82, 2.24) is 30.5 Å². The first kappa shape index (κ1) is 23.8. The molecule has 2 heterocycles. The predicted molar refractivity (Wildman–Crippen MR) is 118 cm³/mol. The molecule has 4 rings (SSSR count). The normalized spacial score (nSPS) is 19.0. The molecule has 12 heteroatoms. The summed E-state index contributed by atoms with van der Waals surface area (Å²) in [6, 6.07) is 2.81. The van der Waals surface area contributed by atoms with Gasteiger partial charge in [0.15, 0.2) is 0 Å². The number of aromatic nitrogens is 5. The fraction of sp³-hybridized carbons (Fsp3) is 0.318. The maximum atomic E-state index is 15.1. The van der Waals surface area contributed by atoms with E-state index in [2.05, 4.69) is 25.7 Å². The van der Waals surface area contributed by atoms with Crippen LogP contribution in [0, 0.1) is 11.6 Å². The Morgan fingerprint density at radius 1 is 1.26 bits per heavy atom. The summed E-state index contributed by atoms with van der Waals surface area (Å²) in [6.07, 6.45) is 2.52. The molecule has 0 saturated carbocycles. The molecule has 2 atom stereocenters. The Kier molecular flexibility index (Phi) is 6.41. The van der Waals surface area contributed by atoms with Gasteiger partial charge in [0, 0.05) is 29.6 Å². The number of carbonyl (C=O) groups is 1. The van der Waals surface area contributed by atoms with Crippen LogP contribution in [-0.4, -0.2) is 41.8 Å². The Morgan fingerprint density at radius 2 is 2.03 bits per heavy atom. The van der Waals surface area contributed by atoms with E-state index in [0.29, 0.717) is 0 Å². The van der Waals surface area contributed by atoms with E-state index in [4.69, 9.17) is 16.7 Å². The van der Waals surface area contributed by atoms with Crippen molar-refractivity contribution < 1.29 is 23.1 Å². The molecule has 2 aromatic heterocycles. The van der Waals surface area contributed by atoms with E-state index in [0.717, 1.165) is 16.9 Å². The zero-order chi connectivity index (χ0) is 24.6. The lowest BCUT2D eigenvalue weighted by molar-refractivity contribution is -0.141. The largest absolute Gasteiger partial charge is 0.434 e. The molecule has 1 unspecified atom stereocenters. The second kappa shape index (κ2) is 9.15. The molecule has 1 aromatic carbocycles. The summed E-state index contributed by atoms with van der Waals surface area (Å²) < 4.78 is 43.1. The van der Waals surface area contributed by atoms with Gasteiger partial charge < -0.3 is 10.4 Å². The smallest absolute Gasteiger partial charge is 0.303 e. The van der Waals surface area contributed by atoms with E-state index < -0.39 is 29.2 Å². The second-order valence-electron chi connectivity index (χ2n) is 8.14. The van der Waals surface area contributed by atoms with Crippen LogP contribution in [0.1, 0.15) is 37.9 Å². The molecule has 1 aliphatic carbocycles. The van der Waals surface area contributed by atoms with E-state index >= 15 is 4.39 Å². The van der Waals surface area contributed by atoms with E-state index in [1.54, 1.807) is 0 Å². The molecular weight excluding hydrogens is 473 g/mol. The fourth-order valence-electron chi connectivity index (χ4n) is 3.76. The number of pyridine rings is 1. The molecule has 1 amide bonds. The molecule has 0 aliphatic heterocycles. The van der Waals surface area contributed by atoms with Crippen LogP contribution in [0.3, 0.4) is 0 Å². The van der Waals surface area contributed by atoms with Crippen LogP contribution >= 0.6 is 11.6 Å². The number of hydrogen-bond acceptors (Lipinski definition) is 5. The molecule has 0 radical (unpaired) electrons. The molecule has 0 spiro atoms. The minimum atomic E-state index is -1.53. The average Bonchev–Trinajstić information content (AvgIpc) is 3.20. The summed E-state index contributed by atoms with van der Waals surface area (Å²) in [7, 11) is 1.52. The van der Waals surface area contributed by atoms with Gasteiger partial charge in [0.25, 0.3) is 0 Å². The van der Waals surface area contributed by atoms with Gasteiger partial charge in [-0.05, 0) is 42.0 Å². The van der Waals surface area contributed by atoms with Crippen molar-refractivity contribution in [3.8, 4) is 22.5 Å². The number of benzene rings is 1. The number of rotatable bonds is 5. The standard InChI is InChI=1S/C22H20ClF3N6O2/c1-11(28-21(33)22(34)5-3-14(24)4-6-22)19-17(26)7-12(10-27-19)15-8-13(23)9-16(25)18(15)20-29-31-32(2)30-20/h3,7-11,34H,4-6H2,1-2H3,(H,28,33)/p+1/t11-,22?/m1/s1. The van der Waals surface area contributed by atoms with Crippen molar-refractivity contribution in [2.24, 2.45) is 7.05 Å². The highest BCUT2D eigenvalue weighted by Gasteiger charge is 2.43. The molecule has 178 valence electrons. The third-order valence-electron chi connectivity index (χ3n) is 5.62. The molecule has 1 aliphatic rings. The molecular formula is C22H21ClF3N6O2+. The Hall–Kier alpha value is -3.31. The van der Waals surface area contributed by atoms with Crippen LogP contribution in [0.5, 0.6) is 0 Å². The van der Waals surface area contributed by atoms with Gasteiger partial charge in [-0.3, -0.25) is 9.78 Å². The number of allylic oxidation sites excluding steroid dienone is 1. The summed E-state index contributed by atoms with van der Waals surface area (Å²) in [5.41, 5.74) is -1.18. The number of nitrogens with zero attached hydrogens (tertiary/aromatic N) is 5. The van der Waals surface area contributed by atoms with Gasteiger partial charge >= 0.3 is 5.91 Å². The Morgan fingerprint density at radius 3 is 2.65 bits per heavy atom. The second-order valence-corrected chi connectivity index (χ2v) is 8.57. The highest BCUT2D eigenvalue weighted by atomic mass is 35.5. The predicted octanol–water partition coefficient (Wildman–Crippen LogP) is 3.55. The van der Waals surface area contributed by atoms with E-state index in [1.807, 2.05) is 0 Å². The summed E-state index contributed by atoms with van der Waals surface area (Å²) in [5.74, 6) is -2.45. The molecule has 0 bridgehead atoms. The third kappa shape index (κ3) is 4.66. The van der Waals surface area contributed by atoms with Gasteiger partial charge in [0.05, 0.1) is 36.6 Å². The highest BCUT2D eigenvalue weighted by Crippen LogP contribution is 2.36. The number of tetrazole rings is 1. The fourth-order valence-corrected chi connectivity index (χ4v) is 3.96. The number of halogens is 4. The summed E-state index contributed by atoms with van der Waals surface area (Å²) in [4.78, 5) is 17.9. The monoisotopic (exact) mass is 493 g/mol. The number of hydrogen-bond donors (Lipinski definition) is 1. The van der Waals surface area contributed by atoms with Gasteiger partial charge in [-0.2, -0.15) is 4.80 Å². The van der Waals surface area contributed by atoms with E-state index in [1.165, 1.54) is 32.3 Å². The number of nitrogens with one attached hydrogen (secondary N) is 1. The Balaban J connectivity index is 1.63. The summed E-state index contributed by atoms with van der Waals surface area (Å²) in [6.45, 7) is 1.53. The minimum Gasteiger partial charge on any atom is -0.434 e. The first-order valence-electron chi connectivity index (χ1n) is 10.4. The van der Waals surface area contributed by atoms with Crippen LogP contribution in [0.2, 0.25) is 5.02 Å². The van der Waals surface area contributed by atoms with Crippen LogP contribution in [-0.2, 0) is 11.8 Å². The van der Waals surface area contributed by atoms with Gasteiger partial charge in [-0.25, -0.2) is 13.2 Å². The number of amides is 1. The first-order chi connectivity index (χ1) is 16.1. The maximum Gasteiger partial charge on any atom is 0.303 e. The van der Waals surface area contributed by atoms with Crippen molar-refractivity contribution in [2.75, 3.05) is 0 Å². The molecule has 3 aromatic rings. The van der Waals surface area contributed by atoms with Crippen LogP contribution < -0.4 is 5.32 Å². The Bertz CT molecular complexity index is 1300. The molecule has 0 saturated heterocycles. The SMILES string of the molecule is C[C@@H](NC(=O)C1([OH2+])CC=C(F)CC1)c1ncc(-c2cc(Cl)cc(F)c2-c2nnn(C)n2)cc1F. The number of aryl methyl sites for hydroxylation is 1. The van der Waals surface area contributed by atoms with Gasteiger partial charge in [-0.1, -0.05) is 11.6 Å². The highest BCUT2D eigenvalue weighted by molar-refractivity contribution is 6.31. The first-order valence-corrected chi connectivity index (χ1v) is 10.7. The molecule has 8 nitrogen and oxygen atoms in total. The van der Waals surface area contributed by atoms with Gasteiger partial charge in [0.1, 0.15) is 11.6 Å². The zero-order valence-corrected chi connectivity index (χ0v) is 19.0. The minimum absolute atomic E-state index is 0.00417. The summed E-state index contributed by atoms with van der Waals surface area (Å²) >= 11 is 6.03. The number of carbonyl (C=O) groups excluding carboxylic acids is 1. The van der Waals surface area contributed by atoms with Crippen molar-refractivity contribution in [3.63, 3.8) is 0 Å². The average molecular weight is 494 g/mol. The van der Waals surface area contributed by atoms with Crippen molar-refractivity contribution >= 4 is 17.5 Å². The molecule has 0 fully saturated rings. The van der Waals surface area contributed by atoms with Crippen LogP contribution in [0.15, 0.2) is 36.3 Å². The lowest BCUT2D eigenvalue weighted by Crippen LogP contribution is -2.48. The van der Waals surface area contributed by atoms with Gasteiger partial charge in [0.2, 0.25) is 11.4 Å². The molecule has 34 heavy (non-hydrogen) atoms. The lowest BCUT2D eigenvalue weighted by atomic mass is 9.87. The van der Waals surface area contributed by atoms with E-state index in [-0.39, 0.29) is 58.3 Å². The molecule has 3 N–H and O–H groups in total. The van der Waals surface area contributed by atoms with Crippen molar-refractivity contribution in [1.29, 1.82) is 0 Å². The maximum absolute atomic E-state index is 15.1. The van der Waals surface area contributed by atoms with Crippen molar-refractivity contribution in [2.45, 2.75) is 37.8 Å². The Labute approximate surface area is 197 Å². The lowest BCUT2D eigenvalue weighted by Gasteiger charge is -2.26. The van der Waals surface area contributed by atoms with Crippen LogP contribution in [0.25, 0.3) is 22.5 Å².